The fourth-order valence-electron chi connectivity index (χ4n) is 5.40. The molecule has 0 radical (unpaired) electrons. The van der Waals surface area contributed by atoms with Gasteiger partial charge in [-0.3, -0.25) is 0 Å². The van der Waals surface area contributed by atoms with E-state index in [9.17, 15) is 21.7 Å². The predicted octanol–water partition coefficient (Wildman–Crippen LogP) is 4.75. The van der Waals surface area contributed by atoms with E-state index in [4.69, 9.17) is 4.18 Å². The number of benzene rings is 2. The Balaban J connectivity index is 1.48. The summed E-state index contributed by atoms with van der Waals surface area (Å²) in [6, 6.07) is 9.75. The Kier molecular flexibility index (Phi) is 7.61. The maximum atomic E-state index is 11.5. The lowest BCUT2D eigenvalue weighted by atomic mass is 9.81. The van der Waals surface area contributed by atoms with Crippen molar-refractivity contribution < 1.29 is 30.5 Å². The maximum absolute atomic E-state index is 11.5. The molecular weight excluding hydrogens is 536 g/mol. The van der Waals surface area contributed by atoms with Crippen molar-refractivity contribution >= 4 is 38.6 Å². The SMILES string of the molecule is CN1/C(=C/C=C/C=C/C=C/C2=[N+](C)c3ccc(OS(=O)[O-])cc3C2(C)C)C(C)(C)c2cc(S(=O)(=O)[O-])ccc21. The highest BCUT2D eigenvalue weighted by Gasteiger charge is 2.43. The molecule has 10 heteroatoms. The Morgan fingerprint density at radius 3 is 2.28 bits per heavy atom. The first-order valence-electron chi connectivity index (χ1n) is 12.3. The number of allylic oxidation sites excluding steroid dienone is 8. The third kappa shape index (κ3) is 5.42. The molecule has 0 saturated heterocycles. The van der Waals surface area contributed by atoms with Gasteiger partial charge in [0.2, 0.25) is 5.69 Å². The molecule has 0 aromatic heterocycles. The zero-order chi connectivity index (χ0) is 28.8. The third-order valence-electron chi connectivity index (χ3n) is 7.41. The number of fused-ring (bicyclic) bond motifs is 2. The third-order valence-corrected chi connectivity index (χ3v) is 8.57. The Labute approximate surface area is 232 Å². The van der Waals surface area contributed by atoms with Gasteiger partial charge < -0.3 is 18.2 Å². The van der Waals surface area contributed by atoms with E-state index in [-0.39, 0.29) is 16.1 Å². The number of likely N-dealkylation sites (N-methyl/N-ethyl adjacent to an activating group) is 1. The normalized spacial score (nSPS) is 20.0. The molecule has 0 fully saturated rings. The van der Waals surface area contributed by atoms with Crippen LogP contribution in [0.3, 0.4) is 0 Å². The van der Waals surface area contributed by atoms with Gasteiger partial charge in [-0.05, 0) is 55.8 Å². The smallest absolute Gasteiger partial charge is 0.209 e. The van der Waals surface area contributed by atoms with E-state index in [0.29, 0.717) is 0 Å². The van der Waals surface area contributed by atoms with Crippen molar-refractivity contribution in [3.63, 3.8) is 0 Å². The summed E-state index contributed by atoms with van der Waals surface area (Å²) in [4.78, 5) is 1.78. The van der Waals surface area contributed by atoms with Crippen molar-refractivity contribution in [2.24, 2.45) is 0 Å². The van der Waals surface area contributed by atoms with Crippen LogP contribution in [0.5, 0.6) is 5.75 Å². The van der Waals surface area contributed by atoms with Gasteiger partial charge in [-0.1, -0.05) is 44.2 Å². The molecule has 0 bridgehead atoms. The minimum absolute atomic E-state index is 0.223. The average Bonchev–Trinajstić information content (AvgIpc) is 3.15. The summed E-state index contributed by atoms with van der Waals surface area (Å²) in [6.07, 6.45) is 13.6. The summed E-state index contributed by atoms with van der Waals surface area (Å²) in [5.41, 5.74) is 4.84. The lowest BCUT2D eigenvalue weighted by Crippen LogP contribution is -2.26. The monoisotopic (exact) mass is 567 g/mol. The number of rotatable bonds is 7. The van der Waals surface area contributed by atoms with Gasteiger partial charge >= 0.3 is 0 Å². The minimum Gasteiger partial charge on any atom is -0.744 e. The first kappa shape index (κ1) is 28.7. The summed E-state index contributed by atoms with van der Waals surface area (Å²) in [6.45, 7) is 8.16. The fraction of sp³-hybridized carbons (Fsp3) is 0.276. The Hall–Kier alpha value is -3.31. The summed E-state index contributed by atoms with van der Waals surface area (Å²) >= 11 is -2.63. The molecule has 4 rings (SSSR count). The van der Waals surface area contributed by atoms with Crippen molar-refractivity contribution in [2.75, 3.05) is 19.0 Å². The van der Waals surface area contributed by atoms with Gasteiger partial charge in [-0.2, -0.15) is 4.58 Å². The second-order valence-corrected chi connectivity index (χ2v) is 12.5. The molecule has 1 atom stereocenters. The van der Waals surface area contributed by atoms with Crippen LogP contribution in [0.4, 0.5) is 11.4 Å². The second-order valence-electron chi connectivity index (χ2n) is 10.5. The molecule has 2 aromatic rings. The fourth-order valence-corrected chi connectivity index (χ4v) is 6.16. The van der Waals surface area contributed by atoms with E-state index in [1.165, 1.54) is 12.1 Å². The van der Waals surface area contributed by atoms with Crippen LogP contribution < -0.4 is 9.08 Å². The van der Waals surface area contributed by atoms with E-state index in [2.05, 4.69) is 18.4 Å². The quantitative estimate of drug-likeness (QED) is 0.205. The van der Waals surface area contributed by atoms with Crippen molar-refractivity contribution in [1.29, 1.82) is 0 Å². The predicted molar refractivity (Wildman–Crippen MR) is 151 cm³/mol. The van der Waals surface area contributed by atoms with Crippen molar-refractivity contribution in [3.8, 4) is 5.75 Å². The van der Waals surface area contributed by atoms with Gasteiger partial charge in [0.15, 0.2) is 5.71 Å². The Morgan fingerprint density at radius 2 is 1.62 bits per heavy atom. The van der Waals surface area contributed by atoms with Gasteiger partial charge in [0.25, 0.3) is 0 Å². The lowest BCUT2D eigenvalue weighted by Gasteiger charge is -2.23. The molecule has 2 aromatic carbocycles. The van der Waals surface area contributed by atoms with Gasteiger partial charge in [0.1, 0.15) is 34.3 Å². The lowest BCUT2D eigenvalue weighted by molar-refractivity contribution is -0.401. The van der Waals surface area contributed by atoms with E-state index in [1.807, 2.05) is 81.4 Å². The van der Waals surface area contributed by atoms with Crippen LogP contribution in [0.15, 0.2) is 89.5 Å². The van der Waals surface area contributed by atoms with Crippen LogP contribution in [-0.4, -0.2) is 46.1 Å². The van der Waals surface area contributed by atoms with Crippen LogP contribution in [0.1, 0.15) is 38.8 Å². The summed E-state index contributed by atoms with van der Waals surface area (Å²) in [5.74, 6) is 0.281. The summed E-state index contributed by atoms with van der Waals surface area (Å²) < 4.78 is 63.3. The van der Waals surface area contributed by atoms with E-state index >= 15 is 0 Å². The highest BCUT2D eigenvalue weighted by atomic mass is 32.2. The maximum Gasteiger partial charge on any atom is 0.209 e. The first-order valence-corrected chi connectivity index (χ1v) is 14.7. The molecular formula is C29H31N2O6S2-. The molecule has 0 amide bonds. The molecule has 206 valence electrons. The highest BCUT2D eigenvalue weighted by molar-refractivity contribution is 7.85. The summed E-state index contributed by atoms with van der Waals surface area (Å²) in [7, 11) is -0.636. The molecule has 0 aliphatic carbocycles. The zero-order valence-corrected chi connectivity index (χ0v) is 24.3. The van der Waals surface area contributed by atoms with Gasteiger partial charge in [-0.15, -0.1) is 0 Å². The zero-order valence-electron chi connectivity index (χ0n) is 22.7. The van der Waals surface area contributed by atoms with Crippen LogP contribution in [0.25, 0.3) is 0 Å². The van der Waals surface area contributed by atoms with Crippen LogP contribution in [-0.2, 0) is 32.3 Å². The summed E-state index contributed by atoms with van der Waals surface area (Å²) in [5, 5.41) is 0. The number of hydrogen-bond donors (Lipinski definition) is 0. The van der Waals surface area contributed by atoms with Crippen LogP contribution in [0, 0.1) is 0 Å². The molecule has 2 aliphatic heterocycles. The number of nitrogens with zero attached hydrogens (tertiary/aromatic N) is 2. The molecule has 39 heavy (non-hydrogen) atoms. The van der Waals surface area contributed by atoms with Crippen molar-refractivity contribution in [2.45, 2.75) is 43.4 Å². The van der Waals surface area contributed by atoms with E-state index in [1.54, 1.807) is 18.2 Å². The number of hydrogen-bond acceptors (Lipinski definition) is 7. The molecule has 8 nitrogen and oxygen atoms in total. The van der Waals surface area contributed by atoms with Crippen LogP contribution >= 0.6 is 0 Å². The Bertz CT molecular complexity index is 1610. The Morgan fingerprint density at radius 1 is 0.949 bits per heavy atom. The van der Waals surface area contributed by atoms with Crippen molar-refractivity contribution in [1.82, 2.24) is 0 Å². The van der Waals surface area contributed by atoms with E-state index < -0.39 is 26.9 Å². The standard InChI is InChI=1S/C29H32N2O6S2/c1-28(2)22-18-20(37-38(32)33)14-16-24(22)30(5)26(28)12-10-8-7-9-11-13-27-29(3,4)23-19-21(39(34,35)36)15-17-25(23)31(27)6/h7-19H,1-6H3,(H-,32,33,34,35,36)/p-1. The molecule has 2 heterocycles. The molecule has 2 aliphatic rings. The van der Waals surface area contributed by atoms with Crippen molar-refractivity contribution in [3.05, 3.63) is 95.8 Å². The highest BCUT2D eigenvalue weighted by Crippen LogP contribution is 2.47. The van der Waals surface area contributed by atoms with E-state index in [0.717, 1.165) is 33.9 Å². The number of anilines is 1. The molecule has 1 unspecified atom stereocenters. The van der Waals surface area contributed by atoms with Gasteiger partial charge in [0, 0.05) is 41.6 Å². The molecule has 0 spiro atoms. The topological polar surface area (TPSA) is 113 Å². The minimum atomic E-state index is -4.53. The van der Waals surface area contributed by atoms with Gasteiger partial charge in [-0.25, -0.2) is 12.6 Å². The first-order chi connectivity index (χ1) is 18.2. The van der Waals surface area contributed by atoms with Gasteiger partial charge in [0.05, 0.1) is 10.3 Å². The second kappa shape index (κ2) is 10.3. The largest absolute Gasteiger partial charge is 0.744 e. The average molecular weight is 568 g/mol. The molecule has 0 saturated carbocycles. The van der Waals surface area contributed by atoms with Crippen LogP contribution in [0.2, 0.25) is 0 Å². The molecule has 0 N–H and O–H groups in total.